The van der Waals surface area contributed by atoms with Crippen LogP contribution in [0.15, 0.2) is 54.6 Å². The second-order valence-corrected chi connectivity index (χ2v) is 9.64. The van der Waals surface area contributed by atoms with E-state index in [-0.39, 0.29) is 11.5 Å². The van der Waals surface area contributed by atoms with E-state index in [4.69, 9.17) is 9.47 Å². The van der Waals surface area contributed by atoms with Crippen LogP contribution in [0.2, 0.25) is 0 Å². The van der Waals surface area contributed by atoms with Crippen molar-refractivity contribution in [1.29, 1.82) is 0 Å². The van der Waals surface area contributed by atoms with Crippen LogP contribution in [0.3, 0.4) is 0 Å². The number of hydrogen-bond donors (Lipinski definition) is 0. The van der Waals surface area contributed by atoms with E-state index >= 15 is 4.39 Å². The quantitative estimate of drug-likeness (QED) is 0.136. The Morgan fingerprint density at radius 3 is 1.82 bits per heavy atom. The molecular formula is C32H37F4O2. The Balaban J connectivity index is 1.62. The molecule has 205 valence electrons. The maximum absolute atomic E-state index is 15.0. The maximum Gasteiger partial charge on any atom is 0.432 e. The molecule has 3 aromatic rings. The lowest BCUT2D eigenvalue weighted by Crippen LogP contribution is -2.25. The molecule has 1 radical (unpaired) electrons. The first kappa shape index (κ1) is 29.5. The summed E-state index contributed by atoms with van der Waals surface area (Å²) in [7, 11) is 0. The van der Waals surface area contributed by atoms with E-state index in [1.165, 1.54) is 44.2 Å². The Labute approximate surface area is 224 Å². The minimum absolute atomic E-state index is 0.185. The Bertz CT molecular complexity index is 1110. The van der Waals surface area contributed by atoms with Gasteiger partial charge in [-0.25, -0.2) is 8.78 Å². The van der Waals surface area contributed by atoms with Crippen molar-refractivity contribution >= 4 is 0 Å². The summed E-state index contributed by atoms with van der Waals surface area (Å²) in [6.07, 6.45) is 7.86. The molecule has 0 amide bonds. The largest absolute Gasteiger partial charge is 0.454 e. The van der Waals surface area contributed by atoms with Crippen LogP contribution in [-0.4, -0.2) is 0 Å². The van der Waals surface area contributed by atoms with Crippen LogP contribution in [0.25, 0.3) is 0 Å². The maximum atomic E-state index is 15.0. The van der Waals surface area contributed by atoms with Gasteiger partial charge in [0.1, 0.15) is 22.9 Å². The molecule has 2 nitrogen and oxygen atoms in total. The van der Waals surface area contributed by atoms with E-state index in [0.29, 0.717) is 6.07 Å². The van der Waals surface area contributed by atoms with Gasteiger partial charge in [0.25, 0.3) is 0 Å². The van der Waals surface area contributed by atoms with Crippen molar-refractivity contribution in [3.8, 4) is 17.2 Å². The number of hydrogen-bond acceptors (Lipinski definition) is 2. The van der Waals surface area contributed by atoms with E-state index < -0.39 is 29.1 Å². The molecule has 6 heteroatoms. The summed E-state index contributed by atoms with van der Waals surface area (Å²) in [5.41, 5.74) is 0.562. The van der Waals surface area contributed by atoms with Gasteiger partial charge in [0.2, 0.25) is 0 Å². The molecular weight excluding hydrogens is 492 g/mol. The van der Waals surface area contributed by atoms with E-state index in [0.717, 1.165) is 49.7 Å². The number of alkyl halides is 2. The van der Waals surface area contributed by atoms with Crippen LogP contribution >= 0.6 is 0 Å². The number of ether oxygens (including phenoxy) is 2. The molecule has 0 aliphatic rings. The van der Waals surface area contributed by atoms with E-state index in [2.05, 4.69) is 19.9 Å². The van der Waals surface area contributed by atoms with Crippen LogP contribution in [-0.2, 0) is 19.0 Å². The zero-order chi connectivity index (χ0) is 27.4. The fraction of sp³-hybridized carbons (Fsp3) is 0.438. The van der Waals surface area contributed by atoms with Crippen LogP contribution < -0.4 is 9.47 Å². The van der Waals surface area contributed by atoms with Gasteiger partial charge in [-0.3, -0.25) is 0 Å². The zero-order valence-corrected chi connectivity index (χ0v) is 22.3. The van der Waals surface area contributed by atoms with E-state index in [1.807, 2.05) is 12.1 Å². The lowest BCUT2D eigenvalue weighted by molar-refractivity contribution is -0.189. The zero-order valence-electron chi connectivity index (χ0n) is 22.3. The number of aryl methyl sites for hydroxylation is 2. The summed E-state index contributed by atoms with van der Waals surface area (Å²) in [6.45, 7) is 4.28. The minimum Gasteiger partial charge on any atom is -0.454 e. The molecule has 0 spiro atoms. The lowest BCUT2D eigenvalue weighted by atomic mass is 10.0. The second-order valence-electron chi connectivity index (χ2n) is 9.64. The third kappa shape index (κ3) is 8.78. The molecule has 0 saturated heterocycles. The summed E-state index contributed by atoms with van der Waals surface area (Å²) < 4.78 is 69.5. The third-order valence-corrected chi connectivity index (χ3v) is 6.48. The molecule has 0 saturated carbocycles. The molecule has 0 heterocycles. The molecule has 0 bridgehead atoms. The molecule has 0 N–H and O–H groups in total. The Kier molecular flexibility index (Phi) is 11.5. The van der Waals surface area contributed by atoms with Crippen molar-refractivity contribution in [2.75, 3.05) is 0 Å². The minimum atomic E-state index is -4.26. The Morgan fingerprint density at radius 2 is 1.21 bits per heavy atom. The molecule has 3 rings (SSSR count). The summed E-state index contributed by atoms with van der Waals surface area (Å²) in [4.78, 5) is 0. The number of unbranched alkanes of at least 4 members (excludes halogenated alkanes) is 7. The fourth-order valence-corrected chi connectivity index (χ4v) is 4.26. The molecule has 0 aliphatic carbocycles. The highest BCUT2D eigenvalue weighted by Crippen LogP contribution is 2.38. The van der Waals surface area contributed by atoms with Gasteiger partial charge < -0.3 is 9.47 Å². The van der Waals surface area contributed by atoms with Crippen LogP contribution in [0, 0.1) is 17.7 Å². The molecule has 0 aliphatic heterocycles. The first-order valence-electron chi connectivity index (χ1n) is 13.7. The van der Waals surface area contributed by atoms with Gasteiger partial charge in [-0.2, -0.15) is 8.78 Å². The van der Waals surface area contributed by atoms with Gasteiger partial charge in [0, 0.05) is 6.07 Å². The topological polar surface area (TPSA) is 18.5 Å². The number of halogens is 4. The SMILES string of the molecule is CCCCCCCCCc1ccc(OC(F)(F)c2c(F)c[c]c(Oc3ccc(CCCC)cc3)c2F)cc1. The first-order valence-corrected chi connectivity index (χ1v) is 13.7. The summed E-state index contributed by atoms with van der Waals surface area (Å²) in [5, 5.41) is 0. The average Bonchev–Trinajstić information content (AvgIpc) is 2.90. The van der Waals surface area contributed by atoms with Gasteiger partial charge in [-0.1, -0.05) is 83.1 Å². The molecule has 3 aromatic carbocycles. The third-order valence-electron chi connectivity index (χ3n) is 6.48. The van der Waals surface area contributed by atoms with Crippen molar-refractivity contribution in [3.63, 3.8) is 0 Å². The lowest BCUT2D eigenvalue weighted by Gasteiger charge is -2.20. The summed E-state index contributed by atoms with van der Waals surface area (Å²) >= 11 is 0. The van der Waals surface area contributed by atoms with Gasteiger partial charge in [-0.15, -0.1) is 0 Å². The summed E-state index contributed by atoms with van der Waals surface area (Å²) in [6, 6.07) is 16.0. The van der Waals surface area contributed by atoms with Crippen molar-refractivity contribution in [3.05, 3.63) is 89.0 Å². The smallest absolute Gasteiger partial charge is 0.432 e. The fourth-order valence-electron chi connectivity index (χ4n) is 4.26. The molecule has 38 heavy (non-hydrogen) atoms. The van der Waals surface area contributed by atoms with Crippen molar-refractivity contribution in [1.82, 2.24) is 0 Å². The van der Waals surface area contributed by atoms with Gasteiger partial charge in [0.15, 0.2) is 11.6 Å². The van der Waals surface area contributed by atoms with Crippen molar-refractivity contribution in [2.24, 2.45) is 0 Å². The Morgan fingerprint density at radius 1 is 0.684 bits per heavy atom. The van der Waals surface area contributed by atoms with Gasteiger partial charge in [-0.05, 0) is 67.1 Å². The number of benzene rings is 3. The Hall–Kier alpha value is -3.02. The predicted molar refractivity (Wildman–Crippen MR) is 143 cm³/mol. The molecule has 0 atom stereocenters. The predicted octanol–water partition coefficient (Wildman–Crippen LogP) is 10.3. The highest BCUT2D eigenvalue weighted by atomic mass is 19.3. The molecule has 0 fully saturated rings. The second kappa shape index (κ2) is 14.8. The van der Waals surface area contributed by atoms with E-state index in [1.54, 1.807) is 24.3 Å². The van der Waals surface area contributed by atoms with Gasteiger partial charge >= 0.3 is 6.11 Å². The molecule has 0 aromatic heterocycles. The standard InChI is InChI=1S/C32H37F4O2/c1-3-5-7-8-9-10-11-13-25-16-20-27(21-17-25)38-32(35,36)30-28(33)22-23-29(31(30)34)37-26-18-14-24(15-19-26)12-6-4-2/h14-22H,3-13H2,1-2H3. The highest BCUT2D eigenvalue weighted by Gasteiger charge is 2.42. The van der Waals surface area contributed by atoms with E-state index in [9.17, 15) is 13.2 Å². The summed E-state index contributed by atoms with van der Waals surface area (Å²) in [5.74, 6) is -3.60. The van der Waals surface area contributed by atoms with Crippen LogP contribution in [0.5, 0.6) is 17.2 Å². The van der Waals surface area contributed by atoms with Gasteiger partial charge in [0.05, 0.1) is 0 Å². The first-order chi connectivity index (χ1) is 18.3. The van der Waals surface area contributed by atoms with Crippen LogP contribution in [0.4, 0.5) is 17.6 Å². The highest BCUT2D eigenvalue weighted by molar-refractivity contribution is 5.38. The average molecular weight is 530 g/mol. The molecule has 0 unspecified atom stereocenters. The normalized spacial score (nSPS) is 11.5. The van der Waals surface area contributed by atoms with Crippen LogP contribution in [0.1, 0.15) is 88.3 Å². The van der Waals surface area contributed by atoms with Crippen molar-refractivity contribution < 1.29 is 27.0 Å². The van der Waals surface area contributed by atoms with Crippen molar-refractivity contribution in [2.45, 2.75) is 90.6 Å². The number of rotatable bonds is 16. The monoisotopic (exact) mass is 529 g/mol.